The van der Waals surface area contributed by atoms with Crippen molar-refractivity contribution in [1.29, 1.82) is 0 Å². The smallest absolute Gasteiger partial charge is 0.265 e. The molecule has 0 aromatic heterocycles. The summed E-state index contributed by atoms with van der Waals surface area (Å²) in [6, 6.07) is 24.6. The van der Waals surface area contributed by atoms with Crippen LogP contribution in [0.1, 0.15) is 16.8 Å². The minimum atomic E-state index is -0.225. The molecule has 4 rings (SSSR count). The molecule has 1 aliphatic rings. The Labute approximate surface area is 199 Å². The largest absolute Gasteiger partial charge is 0.380 e. The van der Waals surface area contributed by atoms with Crippen molar-refractivity contribution in [3.8, 4) is 11.1 Å². The Hall–Kier alpha value is -3.52. The molecule has 0 saturated carbocycles. The molecule has 0 spiro atoms. The number of ether oxygens (including phenoxy) is 1. The monoisotopic (exact) mass is 459 g/mol. The maximum absolute atomic E-state index is 12.8. The van der Waals surface area contributed by atoms with Crippen molar-refractivity contribution in [2.75, 3.05) is 44.2 Å². The minimum Gasteiger partial charge on any atom is -0.380 e. The van der Waals surface area contributed by atoms with Gasteiger partial charge in [-0.1, -0.05) is 42.5 Å². The predicted molar refractivity (Wildman–Crippen MR) is 133 cm³/mol. The summed E-state index contributed by atoms with van der Waals surface area (Å²) in [5, 5.41) is 4.17. The molecule has 0 aliphatic carbocycles. The van der Waals surface area contributed by atoms with Gasteiger partial charge < -0.3 is 10.1 Å². The molecule has 7 heteroatoms. The number of carbonyl (C=O) groups excluding carboxylic acids is 2. The lowest BCUT2D eigenvalue weighted by Gasteiger charge is -2.23. The van der Waals surface area contributed by atoms with Gasteiger partial charge >= 0.3 is 0 Å². The number of likely N-dealkylation sites (tertiary alicyclic amines) is 1. The fraction of sp³-hybridized carbons (Fsp3) is 0.259. The van der Waals surface area contributed by atoms with Crippen molar-refractivity contribution in [3.05, 3.63) is 84.4 Å². The summed E-state index contributed by atoms with van der Waals surface area (Å²) in [6.45, 7) is 1.79. The second-order valence-electron chi connectivity index (χ2n) is 8.20. The van der Waals surface area contributed by atoms with E-state index >= 15 is 0 Å². The Morgan fingerprint density at radius 2 is 1.62 bits per heavy atom. The second kappa shape index (κ2) is 11.1. The van der Waals surface area contributed by atoms with Crippen LogP contribution >= 0.6 is 0 Å². The number of carbonyl (C=O) groups is 2. The highest BCUT2D eigenvalue weighted by molar-refractivity contribution is 6.04. The van der Waals surface area contributed by atoms with E-state index in [1.54, 1.807) is 31.4 Å². The topological polar surface area (TPSA) is 71.1 Å². The molecule has 1 unspecified atom stereocenters. The Morgan fingerprint density at radius 3 is 2.24 bits per heavy atom. The van der Waals surface area contributed by atoms with E-state index in [-0.39, 0.29) is 24.5 Å². The summed E-state index contributed by atoms with van der Waals surface area (Å²) in [4.78, 5) is 32.8. The summed E-state index contributed by atoms with van der Waals surface area (Å²) >= 11 is 0. The van der Waals surface area contributed by atoms with Crippen molar-refractivity contribution in [1.82, 2.24) is 4.90 Å². The van der Waals surface area contributed by atoms with Crippen molar-refractivity contribution in [2.45, 2.75) is 12.5 Å². The van der Waals surface area contributed by atoms with E-state index in [4.69, 9.17) is 9.57 Å². The lowest BCUT2D eigenvalue weighted by molar-refractivity contribution is -0.125. The molecule has 3 aromatic rings. The van der Waals surface area contributed by atoms with Crippen LogP contribution in [0.2, 0.25) is 0 Å². The number of rotatable bonds is 8. The molecule has 7 nitrogen and oxygen atoms in total. The highest BCUT2D eigenvalue weighted by Gasteiger charge is 2.26. The average Bonchev–Trinajstić information content (AvgIpc) is 3.33. The molecule has 176 valence electrons. The van der Waals surface area contributed by atoms with Gasteiger partial charge in [0.2, 0.25) is 0 Å². The van der Waals surface area contributed by atoms with Gasteiger partial charge in [0.15, 0.2) is 0 Å². The lowest BCUT2D eigenvalue weighted by atomic mass is 10.1. The third-order valence-electron chi connectivity index (χ3n) is 5.94. The number of hydrogen-bond acceptors (Lipinski definition) is 5. The molecule has 0 radical (unpaired) electrons. The number of hydrogen-bond donors (Lipinski definition) is 1. The van der Waals surface area contributed by atoms with Crippen LogP contribution in [0.5, 0.6) is 0 Å². The third-order valence-corrected chi connectivity index (χ3v) is 5.94. The van der Waals surface area contributed by atoms with E-state index < -0.39 is 0 Å². The highest BCUT2D eigenvalue weighted by Crippen LogP contribution is 2.22. The van der Waals surface area contributed by atoms with Crippen LogP contribution in [-0.4, -0.2) is 56.7 Å². The van der Waals surface area contributed by atoms with E-state index in [0.29, 0.717) is 16.9 Å². The van der Waals surface area contributed by atoms with Crippen molar-refractivity contribution in [2.24, 2.45) is 0 Å². The van der Waals surface area contributed by atoms with Gasteiger partial charge in [-0.3, -0.25) is 19.3 Å². The maximum atomic E-state index is 12.8. The molecular weight excluding hydrogens is 430 g/mol. The first kappa shape index (κ1) is 23.6. The predicted octanol–water partition coefficient (Wildman–Crippen LogP) is 4.22. The van der Waals surface area contributed by atoms with Gasteiger partial charge in [-0.15, -0.1) is 0 Å². The molecule has 3 aromatic carbocycles. The fourth-order valence-electron chi connectivity index (χ4n) is 4.07. The molecule has 1 N–H and O–H groups in total. The molecule has 1 fully saturated rings. The van der Waals surface area contributed by atoms with Gasteiger partial charge in [-0.05, 0) is 53.9 Å². The van der Waals surface area contributed by atoms with Crippen LogP contribution in [0.25, 0.3) is 11.1 Å². The molecule has 2 amide bonds. The van der Waals surface area contributed by atoms with E-state index in [0.717, 1.165) is 30.6 Å². The Morgan fingerprint density at radius 1 is 0.941 bits per heavy atom. The summed E-state index contributed by atoms with van der Waals surface area (Å²) in [5.41, 5.74) is 3.97. The molecule has 34 heavy (non-hydrogen) atoms. The number of benzene rings is 3. The molecular formula is C27H29N3O4. The van der Waals surface area contributed by atoms with Crippen LogP contribution in [0.4, 0.5) is 11.4 Å². The highest BCUT2D eigenvalue weighted by atomic mass is 16.7. The van der Waals surface area contributed by atoms with Crippen LogP contribution < -0.4 is 10.4 Å². The van der Waals surface area contributed by atoms with E-state index in [2.05, 4.69) is 5.32 Å². The molecule has 0 bridgehead atoms. The van der Waals surface area contributed by atoms with Gasteiger partial charge in [-0.2, -0.15) is 5.06 Å². The minimum absolute atomic E-state index is 0.163. The molecule has 1 heterocycles. The van der Waals surface area contributed by atoms with Gasteiger partial charge in [0.25, 0.3) is 11.8 Å². The maximum Gasteiger partial charge on any atom is 0.265 e. The van der Waals surface area contributed by atoms with Crippen LogP contribution in [0.3, 0.4) is 0 Å². The van der Waals surface area contributed by atoms with E-state index in [1.807, 2.05) is 59.5 Å². The average molecular weight is 460 g/mol. The van der Waals surface area contributed by atoms with E-state index in [1.165, 1.54) is 12.2 Å². The number of anilines is 2. The van der Waals surface area contributed by atoms with Crippen LogP contribution in [0, 0.1) is 0 Å². The van der Waals surface area contributed by atoms with E-state index in [9.17, 15) is 9.59 Å². The quantitative estimate of drug-likeness (QED) is 0.511. The molecule has 1 aliphatic heterocycles. The second-order valence-corrected chi connectivity index (χ2v) is 8.20. The van der Waals surface area contributed by atoms with Gasteiger partial charge in [0, 0.05) is 31.5 Å². The summed E-state index contributed by atoms with van der Waals surface area (Å²) < 4.78 is 5.36. The number of methoxy groups -OCH3 is 1. The molecule has 1 saturated heterocycles. The third kappa shape index (κ3) is 5.69. The number of nitrogens with one attached hydrogen (secondary N) is 1. The summed E-state index contributed by atoms with van der Waals surface area (Å²) in [7, 11) is 3.15. The zero-order chi connectivity index (χ0) is 23.9. The SMILES string of the molecule is COC1CCN(CC(=O)N(OC)c2ccc(C(=O)Nc3ccc(-c4ccccc4)cc3)cc2)C1. The number of hydroxylamine groups is 1. The number of amides is 2. The van der Waals surface area contributed by atoms with Crippen molar-refractivity contribution in [3.63, 3.8) is 0 Å². The van der Waals surface area contributed by atoms with Gasteiger partial charge in [-0.25, -0.2) is 0 Å². The van der Waals surface area contributed by atoms with Crippen LogP contribution in [-0.2, 0) is 14.4 Å². The molecule has 1 atom stereocenters. The number of nitrogens with zero attached hydrogens (tertiary/aromatic N) is 2. The van der Waals surface area contributed by atoms with Gasteiger partial charge in [0.05, 0.1) is 25.4 Å². The first-order valence-corrected chi connectivity index (χ1v) is 11.3. The van der Waals surface area contributed by atoms with Crippen LogP contribution in [0.15, 0.2) is 78.9 Å². The first-order chi connectivity index (χ1) is 16.6. The lowest BCUT2D eigenvalue weighted by Crippen LogP contribution is -2.39. The first-order valence-electron chi connectivity index (χ1n) is 11.3. The normalized spacial score (nSPS) is 15.8. The van der Waals surface area contributed by atoms with Crippen molar-refractivity contribution < 1.29 is 19.2 Å². The van der Waals surface area contributed by atoms with Gasteiger partial charge in [0.1, 0.15) is 0 Å². The Balaban J connectivity index is 1.36. The Bertz CT molecular complexity index is 1100. The zero-order valence-corrected chi connectivity index (χ0v) is 19.4. The standard InChI is InChI=1S/C27H29N3O4/c1-33-25-16-17-29(18-25)19-26(31)30(34-2)24-14-10-22(11-15-24)27(32)28-23-12-8-21(9-13-23)20-6-4-3-5-7-20/h3-15,25H,16-19H2,1-2H3,(H,28,32). The fourth-order valence-corrected chi connectivity index (χ4v) is 4.07. The van der Waals surface area contributed by atoms with Crippen molar-refractivity contribution >= 4 is 23.2 Å². The zero-order valence-electron chi connectivity index (χ0n) is 19.4. The Kier molecular flexibility index (Phi) is 7.69. The summed E-state index contributed by atoms with van der Waals surface area (Å²) in [6.07, 6.45) is 1.08. The summed E-state index contributed by atoms with van der Waals surface area (Å²) in [5.74, 6) is -0.396.